The van der Waals surface area contributed by atoms with Gasteiger partial charge in [0.05, 0.1) is 11.8 Å². The van der Waals surface area contributed by atoms with E-state index in [0.29, 0.717) is 6.10 Å². The lowest BCUT2D eigenvalue weighted by molar-refractivity contribution is -0.233. The Hall–Kier alpha value is -1.00. The molecule has 1 radical (unpaired) electrons. The van der Waals surface area contributed by atoms with Crippen LogP contribution in [0.3, 0.4) is 0 Å². The summed E-state index contributed by atoms with van der Waals surface area (Å²) in [4.78, 5) is 7.89. The Morgan fingerprint density at radius 1 is 1.69 bits per heavy atom. The van der Waals surface area contributed by atoms with Gasteiger partial charge in [-0.15, -0.1) is 0 Å². The molecule has 3 aliphatic rings. The first kappa shape index (κ1) is 7.41. The molecule has 1 aromatic heterocycles. The normalized spacial score (nSPS) is 36.8. The molecule has 0 aliphatic carbocycles. The third-order valence-corrected chi connectivity index (χ3v) is 2.73. The zero-order valence-electron chi connectivity index (χ0n) is 7.16. The highest BCUT2D eigenvalue weighted by Crippen LogP contribution is 2.42. The second-order valence-electron chi connectivity index (χ2n) is 3.61. The molecule has 3 fully saturated rings. The van der Waals surface area contributed by atoms with E-state index in [0.717, 1.165) is 25.2 Å². The van der Waals surface area contributed by atoms with Gasteiger partial charge < -0.3 is 10.1 Å². The zero-order valence-corrected chi connectivity index (χ0v) is 7.16. The van der Waals surface area contributed by atoms with E-state index >= 15 is 0 Å². The van der Waals surface area contributed by atoms with Crippen LogP contribution in [0.4, 0.5) is 0 Å². The standard InChI is InChI=1S/C9H10N3O/c1-2-10-6-12-8(1)9-3-7(13-9)4-11-5-9/h1-2,7,11H,3-5H2. The van der Waals surface area contributed by atoms with Crippen LogP contribution in [0.1, 0.15) is 12.1 Å². The average molecular weight is 176 g/mol. The van der Waals surface area contributed by atoms with E-state index in [4.69, 9.17) is 4.74 Å². The number of nitrogens with one attached hydrogen (secondary N) is 1. The number of piperidine rings is 1. The Kier molecular flexibility index (Phi) is 1.42. The minimum atomic E-state index is -0.178. The molecule has 67 valence electrons. The predicted molar refractivity (Wildman–Crippen MR) is 44.9 cm³/mol. The molecule has 2 unspecified atom stereocenters. The average Bonchev–Trinajstić information content (AvgIpc) is 2.19. The SMILES string of the molecule is [c]1nccc(C23CNCC(C2)O3)n1. The lowest BCUT2D eigenvalue weighted by Gasteiger charge is -2.51. The van der Waals surface area contributed by atoms with Crippen LogP contribution in [-0.2, 0) is 10.3 Å². The van der Waals surface area contributed by atoms with E-state index in [2.05, 4.69) is 21.6 Å². The van der Waals surface area contributed by atoms with Gasteiger partial charge in [0.25, 0.3) is 0 Å². The summed E-state index contributed by atoms with van der Waals surface area (Å²) in [7, 11) is 0. The lowest BCUT2D eigenvalue weighted by atomic mass is 9.82. The molecule has 1 N–H and O–H groups in total. The van der Waals surface area contributed by atoms with Gasteiger partial charge in [0.2, 0.25) is 0 Å². The first-order valence-electron chi connectivity index (χ1n) is 4.47. The van der Waals surface area contributed by atoms with Crippen LogP contribution in [-0.4, -0.2) is 29.2 Å². The number of ether oxygens (including phenoxy) is 1. The van der Waals surface area contributed by atoms with Crippen molar-refractivity contribution in [3.8, 4) is 0 Å². The molecule has 0 aromatic carbocycles. The smallest absolute Gasteiger partial charge is 0.198 e. The van der Waals surface area contributed by atoms with Crippen LogP contribution in [0, 0.1) is 6.33 Å². The third kappa shape index (κ3) is 0.990. The number of rotatable bonds is 1. The lowest BCUT2D eigenvalue weighted by Crippen LogP contribution is -2.63. The highest BCUT2D eigenvalue weighted by atomic mass is 16.5. The van der Waals surface area contributed by atoms with Gasteiger partial charge in [0.1, 0.15) is 5.60 Å². The van der Waals surface area contributed by atoms with Crippen LogP contribution >= 0.6 is 0 Å². The Balaban J connectivity index is 1.93. The molecule has 0 saturated carbocycles. The Labute approximate surface area is 76.3 Å². The van der Waals surface area contributed by atoms with Crippen molar-refractivity contribution in [2.45, 2.75) is 18.1 Å². The van der Waals surface area contributed by atoms with Crippen LogP contribution in [0.5, 0.6) is 0 Å². The maximum Gasteiger partial charge on any atom is 0.198 e. The number of hydrogen-bond donors (Lipinski definition) is 1. The maximum absolute atomic E-state index is 5.78. The van der Waals surface area contributed by atoms with Gasteiger partial charge in [-0.1, -0.05) is 0 Å². The van der Waals surface area contributed by atoms with Gasteiger partial charge in [-0.05, 0) is 6.07 Å². The van der Waals surface area contributed by atoms with Gasteiger partial charge >= 0.3 is 0 Å². The van der Waals surface area contributed by atoms with Gasteiger partial charge in [-0.25, -0.2) is 9.97 Å². The van der Waals surface area contributed by atoms with Crippen molar-refractivity contribution >= 4 is 0 Å². The molecule has 3 saturated heterocycles. The third-order valence-electron chi connectivity index (χ3n) is 2.73. The van der Waals surface area contributed by atoms with Crippen molar-refractivity contribution in [1.29, 1.82) is 0 Å². The molecule has 13 heavy (non-hydrogen) atoms. The molecule has 3 aliphatic heterocycles. The van der Waals surface area contributed by atoms with Crippen LogP contribution in [0.2, 0.25) is 0 Å². The molecule has 4 heteroatoms. The highest BCUT2D eigenvalue weighted by molar-refractivity contribution is 5.18. The topological polar surface area (TPSA) is 47.0 Å². The van der Waals surface area contributed by atoms with Gasteiger partial charge in [0, 0.05) is 25.7 Å². The van der Waals surface area contributed by atoms with Crippen molar-refractivity contribution in [2.24, 2.45) is 0 Å². The molecule has 4 rings (SSSR count). The van der Waals surface area contributed by atoms with E-state index in [1.54, 1.807) is 6.20 Å². The van der Waals surface area contributed by atoms with E-state index in [9.17, 15) is 0 Å². The van der Waals surface area contributed by atoms with E-state index in [1.165, 1.54) is 0 Å². The molecule has 4 nitrogen and oxygen atoms in total. The van der Waals surface area contributed by atoms with Crippen molar-refractivity contribution in [3.63, 3.8) is 0 Å². The van der Waals surface area contributed by atoms with Gasteiger partial charge in [-0.2, -0.15) is 0 Å². The van der Waals surface area contributed by atoms with E-state index in [-0.39, 0.29) is 5.60 Å². The monoisotopic (exact) mass is 176 g/mol. The summed E-state index contributed by atoms with van der Waals surface area (Å²) in [5.74, 6) is 0. The predicted octanol–water partition coefficient (Wildman–Crippen LogP) is -0.136. The van der Waals surface area contributed by atoms with Crippen molar-refractivity contribution in [1.82, 2.24) is 15.3 Å². The molecule has 2 bridgehead atoms. The summed E-state index contributed by atoms with van der Waals surface area (Å²) in [6.07, 6.45) is 5.76. The summed E-state index contributed by atoms with van der Waals surface area (Å²) in [6, 6.07) is 1.90. The number of morpholine rings is 1. The molecule has 0 amide bonds. The second-order valence-corrected chi connectivity index (χ2v) is 3.61. The van der Waals surface area contributed by atoms with Crippen LogP contribution in [0.25, 0.3) is 0 Å². The van der Waals surface area contributed by atoms with Crippen molar-refractivity contribution < 1.29 is 4.74 Å². The van der Waals surface area contributed by atoms with E-state index in [1.807, 2.05) is 6.07 Å². The fraction of sp³-hybridized carbons (Fsp3) is 0.556. The summed E-state index contributed by atoms with van der Waals surface area (Å²) in [5.41, 5.74) is 0.772. The Morgan fingerprint density at radius 2 is 2.62 bits per heavy atom. The van der Waals surface area contributed by atoms with Gasteiger partial charge in [-0.3, -0.25) is 0 Å². The van der Waals surface area contributed by atoms with Crippen molar-refractivity contribution in [2.75, 3.05) is 13.1 Å². The molecular formula is C9H10N3O. The first-order valence-corrected chi connectivity index (χ1v) is 4.47. The number of hydrogen-bond acceptors (Lipinski definition) is 4. The highest BCUT2D eigenvalue weighted by Gasteiger charge is 2.50. The van der Waals surface area contributed by atoms with Crippen molar-refractivity contribution in [3.05, 3.63) is 24.3 Å². The summed E-state index contributed by atoms with van der Waals surface area (Å²) < 4.78 is 5.78. The largest absolute Gasteiger partial charge is 0.363 e. The first-order chi connectivity index (χ1) is 6.39. The molecule has 0 spiro atoms. The summed E-state index contributed by atoms with van der Waals surface area (Å²) >= 11 is 0. The fourth-order valence-corrected chi connectivity index (χ4v) is 2.11. The molecule has 4 heterocycles. The number of nitrogens with zero attached hydrogens (tertiary/aromatic N) is 2. The molecule has 1 aromatic rings. The Morgan fingerprint density at radius 3 is 3.23 bits per heavy atom. The maximum atomic E-state index is 5.78. The quantitative estimate of drug-likeness (QED) is 0.647. The van der Waals surface area contributed by atoms with E-state index < -0.39 is 0 Å². The molecular weight excluding hydrogens is 166 g/mol. The number of fused-ring (bicyclic) bond motifs is 2. The Bertz CT molecular complexity index is 302. The number of aromatic nitrogens is 2. The molecule has 2 atom stereocenters. The second kappa shape index (κ2) is 2.49. The zero-order chi connectivity index (χ0) is 8.73. The van der Waals surface area contributed by atoms with Crippen LogP contribution < -0.4 is 5.32 Å². The minimum absolute atomic E-state index is 0.178. The van der Waals surface area contributed by atoms with Gasteiger partial charge in [0.15, 0.2) is 6.33 Å². The summed E-state index contributed by atoms with van der Waals surface area (Å²) in [6.45, 7) is 1.82. The minimum Gasteiger partial charge on any atom is -0.363 e. The summed E-state index contributed by atoms with van der Waals surface area (Å²) in [5, 5.41) is 3.32. The van der Waals surface area contributed by atoms with Crippen LogP contribution in [0.15, 0.2) is 12.3 Å². The fourth-order valence-electron chi connectivity index (χ4n) is 2.11.